The molecule has 6 nitrogen and oxygen atoms in total. The number of ketones is 1. The number of pyridine rings is 1. The molecule has 6 rings (SSSR count). The van der Waals surface area contributed by atoms with Crippen molar-refractivity contribution in [3.63, 3.8) is 0 Å². The monoisotopic (exact) mass is 512 g/mol. The van der Waals surface area contributed by atoms with Crippen molar-refractivity contribution < 1.29 is 9.59 Å². The summed E-state index contributed by atoms with van der Waals surface area (Å²) < 4.78 is 1.79. The van der Waals surface area contributed by atoms with E-state index < -0.39 is 0 Å². The van der Waals surface area contributed by atoms with E-state index in [0.29, 0.717) is 23.4 Å². The van der Waals surface area contributed by atoms with Gasteiger partial charge in [-0.05, 0) is 78.8 Å². The molecule has 4 aromatic rings. The normalized spacial score (nSPS) is 20.9. The molecule has 2 aromatic carbocycles. The zero-order valence-corrected chi connectivity index (χ0v) is 21.8. The van der Waals surface area contributed by atoms with Crippen LogP contribution in [0.5, 0.6) is 0 Å². The number of aromatic nitrogens is 3. The van der Waals surface area contributed by atoms with Gasteiger partial charge in [0, 0.05) is 29.9 Å². The Bertz CT molecular complexity index is 1570. The number of nitrogens with zero attached hydrogens (tertiary/aromatic N) is 4. The molecule has 0 radical (unpaired) electrons. The van der Waals surface area contributed by atoms with Gasteiger partial charge < -0.3 is 4.90 Å². The number of hydrogen-bond acceptors (Lipinski definition) is 4. The number of benzene rings is 2. The molecule has 2 saturated carbocycles. The molecule has 0 saturated heterocycles. The van der Waals surface area contributed by atoms with Crippen LogP contribution in [0.2, 0.25) is 5.02 Å². The second kappa shape index (κ2) is 9.42. The molecule has 0 N–H and O–H groups in total. The summed E-state index contributed by atoms with van der Waals surface area (Å²) in [6.07, 6.45) is 13.0. The minimum Gasteiger partial charge on any atom is -0.306 e. The van der Waals surface area contributed by atoms with Crippen molar-refractivity contribution in [1.29, 1.82) is 0 Å². The predicted octanol–water partition coefficient (Wildman–Crippen LogP) is 6.35. The molecule has 2 fully saturated rings. The van der Waals surface area contributed by atoms with Crippen LogP contribution in [0.3, 0.4) is 0 Å². The predicted molar refractivity (Wildman–Crippen MR) is 147 cm³/mol. The van der Waals surface area contributed by atoms with Crippen molar-refractivity contribution in [2.75, 3.05) is 4.90 Å². The maximum atomic E-state index is 14.1. The van der Waals surface area contributed by atoms with Crippen molar-refractivity contribution >= 4 is 56.7 Å². The molecule has 1 unspecified atom stereocenters. The Morgan fingerprint density at radius 3 is 2.76 bits per heavy atom. The van der Waals surface area contributed by atoms with Gasteiger partial charge in [-0.3, -0.25) is 19.3 Å². The van der Waals surface area contributed by atoms with Gasteiger partial charge in [-0.25, -0.2) is 0 Å². The Labute approximate surface area is 220 Å². The lowest BCUT2D eigenvalue weighted by atomic mass is 9.87. The van der Waals surface area contributed by atoms with Crippen LogP contribution in [-0.2, 0) is 23.2 Å². The van der Waals surface area contributed by atoms with Crippen LogP contribution in [0.1, 0.15) is 43.7 Å². The van der Waals surface area contributed by atoms with E-state index in [9.17, 15) is 9.59 Å². The second-order valence-electron chi connectivity index (χ2n) is 10.5. The van der Waals surface area contributed by atoms with Crippen molar-refractivity contribution in [2.24, 2.45) is 24.8 Å². The lowest BCUT2D eigenvalue weighted by Gasteiger charge is -2.30. The topological polar surface area (TPSA) is 68.1 Å². The fourth-order valence-electron chi connectivity index (χ4n) is 6.37. The summed E-state index contributed by atoms with van der Waals surface area (Å²) in [6, 6.07) is 10.1. The van der Waals surface area contributed by atoms with E-state index in [-0.39, 0.29) is 17.6 Å². The first kappa shape index (κ1) is 23.9. The number of aryl methyl sites for hydroxylation is 1. The quantitative estimate of drug-likeness (QED) is 0.282. The highest BCUT2D eigenvalue weighted by molar-refractivity contribution is 6.40. The first-order chi connectivity index (χ1) is 17.9. The Balaban J connectivity index is 1.45. The number of fused-ring (bicyclic) bond motifs is 4. The highest BCUT2D eigenvalue weighted by Crippen LogP contribution is 2.49. The summed E-state index contributed by atoms with van der Waals surface area (Å²) in [6.45, 7) is 1.90. The summed E-state index contributed by atoms with van der Waals surface area (Å²) >= 11 is 6.99. The number of anilines is 1. The first-order valence-electron chi connectivity index (χ1n) is 12.9. The third-order valence-corrected chi connectivity index (χ3v) is 8.47. The summed E-state index contributed by atoms with van der Waals surface area (Å²) in [5, 5.41) is 7.98. The molecule has 37 heavy (non-hydrogen) atoms. The number of carbonyl (C=O) groups excluding carboxylic acids is 2. The number of amides is 1. The zero-order valence-electron chi connectivity index (χ0n) is 21.0. The van der Waals surface area contributed by atoms with E-state index in [1.165, 1.54) is 19.4 Å². The molecule has 7 heteroatoms. The van der Waals surface area contributed by atoms with Crippen LogP contribution in [0.25, 0.3) is 27.8 Å². The Kier molecular flexibility index (Phi) is 6.07. The van der Waals surface area contributed by atoms with Gasteiger partial charge in [-0.1, -0.05) is 36.2 Å². The summed E-state index contributed by atoms with van der Waals surface area (Å²) in [4.78, 5) is 31.9. The standard InChI is InChI=1S/C30H29ClN4O2/c1-18(36)6-7-20-11-25(16-32-14-20)35(30(37)26-12-19-8-9-21(26)10-19)17-23-5-3-4-22-13-24-15-33-34(2)29(24)28(31)27(22)23/h3-7,11,13-16,19,21,26H,8-10,12,17H2,1-2H3/b7-6+/t19-,21+,26?/m0/s1. The van der Waals surface area contributed by atoms with E-state index >= 15 is 0 Å². The summed E-state index contributed by atoms with van der Waals surface area (Å²) in [5.41, 5.74) is 3.37. The number of carbonyl (C=O) groups is 2. The van der Waals surface area contributed by atoms with Gasteiger partial charge in [0.05, 0.1) is 35.2 Å². The largest absolute Gasteiger partial charge is 0.306 e. The molecule has 2 bridgehead atoms. The van der Waals surface area contributed by atoms with Crippen molar-refractivity contribution in [3.05, 3.63) is 71.1 Å². The molecule has 0 aliphatic heterocycles. The fourth-order valence-corrected chi connectivity index (χ4v) is 6.83. The van der Waals surface area contributed by atoms with E-state index in [4.69, 9.17) is 11.6 Å². The third-order valence-electron chi connectivity index (χ3n) is 8.11. The average molecular weight is 513 g/mol. The molecule has 2 aromatic heterocycles. The summed E-state index contributed by atoms with van der Waals surface area (Å²) in [7, 11) is 1.89. The average Bonchev–Trinajstić information content (AvgIpc) is 3.62. The van der Waals surface area contributed by atoms with Crippen LogP contribution in [0.15, 0.2) is 55.0 Å². The molecular weight excluding hydrogens is 484 g/mol. The van der Waals surface area contributed by atoms with Gasteiger partial charge in [0.25, 0.3) is 0 Å². The van der Waals surface area contributed by atoms with Crippen molar-refractivity contribution in [3.8, 4) is 0 Å². The van der Waals surface area contributed by atoms with Crippen LogP contribution in [-0.4, -0.2) is 26.5 Å². The summed E-state index contributed by atoms with van der Waals surface area (Å²) in [5.74, 6) is 1.26. The zero-order chi connectivity index (χ0) is 25.7. The van der Waals surface area contributed by atoms with Gasteiger partial charge in [0.1, 0.15) is 0 Å². The second-order valence-corrected chi connectivity index (χ2v) is 10.9. The molecular formula is C30H29ClN4O2. The molecule has 188 valence electrons. The maximum absolute atomic E-state index is 14.1. The van der Waals surface area contributed by atoms with Gasteiger partial charge in [-0.2, -0.15) is 5.10 Å². The maximum Gasteiger partial charge on any atom is 0.230 e. The fraction of sp³-hybridized carbons (Fsp3) is 0.333. The lowest BCUT2D eigenvalue weighted by Crippen LogP contribution is -2.38. The number of rotatable bonds is 6. The SMILES string of the molecule is CC(=O)/C=C/c1cncc(N(Cc2cccc3cc4cnn(C)c4c(Cl)c23)C(=O)C2C[C@H]3CC[C@@H]2C3)c1. The van der Waals surface area contributed by atoms with E-state index in [1.807, 2.05) is 42.4 Å². The molecule has 1 amide bonds. The van der Waals surface area contributed by atoms with Crippen LogP contribution < -0.4 is 4.90 Å². The first-order valence-corrected chi connectivity index (χ1v) is 13.2. The van der Waals surface area contributed by atoms with Gasteiger partial charge in [0.2, 0.25) is 5.91 Å². The molecule has 2 aliphatic carbocycles. The van der Waals surface area contributed by atoms with E-state index in [0.717, 1.165) is 57.8 Å². The number of halogens is 1. The Hall–Kier alpha value is -3.51. The van der Waals surface area contributed by atoms with E-state index in [1.54, 1.807) is 23.2 Å². The molecule has 2 heterocycles. The number of allylic oxidation sites excluding steroid dienone is 1. The third kappa shape index (κ3) is 4.33. The highest BCUT2D eigenvalue weighted by Gasteiger charge is 2.44. The van der Waals surface area contributed by atoms with Gasteiger partial charge >= 0.3 is 0 Å². The molecule has 0 spiro atoms. The van der Waals surface area contributed by atoms with E-state index in [2.05, 4.69) is 16.1 Å². The van der Waals surface area contributed by atoms with Crippen LogP contribution in [0.4, 0.5) is 5.69 Å². The van der Waals surface area contributed by atoms with Crippen molar-refractivity contribution in [2.45, 2.75) is 39.2 Å². The smallest absolute Gasteiger partial charge is 0.230 e. The Morgan fingerprint density at radius 1 is 1.14 bits per heavy atom. The van der Waals surface area contributed by atoms with Crippen LogP contribution >= 0.6 is 11.6 Å². The lowest BCUT2D eigenvalue weighted by molar-refractivity contribution is -0.124. The number of hydrogen-bond donors (Lipinski definition) is 0. The highest BCUT2D eigenvalue weighted by atomic mass is 35.5. The molecule has 3 atom stereocenters. The minimum absolute atomic E-state index is 0.0318. The van der Waals surface area contributed by atoms with Crippen LogP contribution in [0, 0.1) is 17.8 Å². The van der Waals surface area contributed by atoms with Crippen molar-refractivity contribution in [1.82, 2.24) is 14.8 Å². The van der Waals surface area contributed by atoms with Gasteiger partial charge in [0.15, 0.2) is 5.78 Å². The Morgan fingerprint density at radius 2 is 2.00 bits per heavy atom. The van der Waals surface area contributed by atoms with Gasteiger partial charge in [-0.15, -0.1) is 0 Å². The molecule has 2 aliphatic rings. The minimum atomic E-state index is -0.0350.